The molecule has 3 atom stereocenters. The van der Waals surface area contributed by atoms with Crippen LogP contribution in [-0.4, -0.2) is 16.0 Å². The first-order chi connectivity index (χ1) is 9.81. The van der Waals surface area contributed by atoms with Crippen LogP contribution in [0.2, 0.25) is 0 Å². The lowest BCUT2D eigenvalue weighted by molar-refractivity contribution is -0.122. The van der Waals surface area contributed by atoms with Crippen LogP contribution < -0.4 is 0 Å². The Labute approximate surface area is 130 Å². The van der Waals surface area contributed by atoms with E-state index < -0.39 is 0 Å². The number of nitrogens with zero attached hydrogens (tertiary/aromatic N) is 2. The monoisotopic (exact) mass is 300 g/mol. The maximum Gasteiger partial charge on any atom is 0.150 e. The van der Waals surface area contributed by atoms with Gasteiger partial charge in [0.25, 0.3) is 0 Å². The standard InChI is InChI=1S/C17H20N2OS/c1-10-5-6-11(9-18)15(19-10)21-14-13(20)12-7-8-17(14,4)16(12,2)3/h5-6,12,14H,7-8H2,1-4H3. The molecule has 0 aliphatic heterocycles. The number of thioether (sulfide) groups is 1. The molecule has 1 aromatic rings. The second kappa shape index (κ2) is 4.58. The second-order valence-corrected chi connectivity index (χ2v) is 8.14. The first-order valence-corrected chi connectivity index (χ1v) is 8.27. The molecule has 110 valence electrons. The van der Waals surface area contributed by atoms with E-state index in [2.05, 4.69) is 31.8 Å². The van der Waals surface area contributed by atoms with Gasteiger partial charge in [-0.2, -0.15) is 5.26 Å². The summed E-state index contributed by atoms with van der Waals surface area (Å²) in [5.41, 5.74) is 1.50. The lowest BCUT2D eigenvalue weighted by Gasteiger charge is -2.37. The van der Waals surface area contributed by atoms with Crippen molar-refractivity contribution < 1.29 is 4.79 Å². The van der Waals surface area contributed by atoms with E-state index in [0.29, 0.717) is 16.4 Å². The third-order valence-electron chi connectivity index (χ3n) is 5.83. The molecule has 0 saturated heterocycles. The van der Waals surface area contributed by atoms with Gasteiger partial charge in [-0.1, -0.05) is 32.5 Å². The predicted octanol–water partition coefficient (Wildman–Crippen LogP) is 3.75. The fraction of sp³-hybridized carbons (Fsp3) is 0.588. The van der Waals surface area contributed by atoms with Crippen LogP contribution in [0.1, 0.15) is 44.9 Å². The minimum atomic E-state index is -0.0763. The number of fused-ring (bicyclic) bond motifs is 2. The van der Waals surface area contributed by atoms with Gasteiger partial charge in [0.1, 0.15) is 16.9 Å². The van der Waals surface area contributed by atoms with Gasteiger partial charge in [-0.05, 0) is 42.7 Å². The van der Waals surface area contributed by atoms with Gasteiger partial charge in [-0.25, -0.2) is 4.98 Å². The van der Waals surface area contributed by atoms with Crippen LogP contribution in [0.3, 0.4) is 0 Å². The maximum atomic E-state index is 12.7. The average Bonchev–Trinajstić information content (AvgIpc) is 2.73. The van der Waals surface area contributed by atoms with Crippen LogP contribution in [0.4, 0.5) is 0 Å². The number of Topliss-reactive ketones (excluding diaryl/α,β-unsaturated/α-hetero) is 1. The molecule has 2 bridgehead atoms. The number of aryl methyl sites for hydroxylation is 1. The van der Waals surface area contributed by atoms with Crippen molar-refractivity contribution >= 4 is 17.5 Å². The molecular weight excluding hydrogens is 280 g/mol. The molecule has 0 aromatic carbocycles. The molecule has 3 nitrogen and oxygen atoms in total. The number of pyridine rings is 1. The zero-order valence-electron chi connectivity index (χ0n) is 12.9. The summed E-state index contributed by atoms with van der Waals surface area (Å²) in [5, 5.41) is 9.89. The summed E-state index contributed by atoms with van der Waals surface area (Å²) in [6, 6.07) is 5.84. The van der Waals surface area contributed by atoms with Crippen molar-refractivity contribution in [2.24, 2.45) is 16.7 Å². The minimum absolute atomic E-state index is 0.00241. The van der Waals surface area contributed by atoms with E-state index in [-0.39, 0.29) is 22.0 Å². The number of hydrogen-bond acceptors (Lipinski definition) is 4. The Bertz CT molecular complexity index is 661. The van der Waals surface area contributed by atoms with Gasteiger partial charge in [-0.15, -0.1) is 0 Å². The van der Waals surface area contributed by atoms with Crippen LogP contribution in [-0.2, 0) is 4.79 Å². The van der Waals surface area contributed by atoms with Crippen molar-refractivity contribution in [2.45, 2.75) is 50.8 Å². The predicted molar refractivity (Wildman–Crippen MR) is 83.0 cm³/mol. The number of carbonyl (C=O) groups excluding carboxylic acids is 1. The Morgan fingerprint density at radius 2 is 2.10 bits per heavy atom. The van der Waals surface area contributed by atoms with Crippen molar-refractivity contribution in [3.8, 4) is 6.07 Å². The van der Waals surface area contributed by atoms with E-state index in [1.54, 1.807) is 6.07 Å². The Kier molecular flexibility index (Phi) is 3.18. The third-order valence-corrected chi connectivity index (χ3v) is 7.35. The number of ketones is 1. The van der Waals surface area contributed by atoms with Gasteiger partial charge in [0.05, 0.1) is 10.8 Å². The summed E-state index contributed by atoms with van der Waals surface area (Å²) in [4.78, 5) is 17.2. The fourth-order valence-electron chi connectivity index (χ4n) is 4.00. The first-order valence-electron chi connectivity index (χ1n) is 7.39. The first kappa shape index (κ1) is 14.6. The summed E-state index contributed by atoms with van der Waals surface area (Å²) in [7, 11) is 0. The quantitative estimate of drug-likeness (QED) is 0.834. The summed E-state index contributed by atoms with van der Waals surface area (Å²) in [6.45, 7) is 8.59. The number of rotatable bonds is 2. The fourth-order valence-corrected chi connectivity index (χ4v) is 5.62. The minimum Gasteiger partial charge on any atom is -0.298 e. The number of aromatic nitrogens is 1. The smallest absolute Gasteiger partial charge is 0.150 e. The number of carbonyl (C=O) groups is 1. The van der Waals surface area contributed by atoms with Gasteiger partial charge in [0, 0.05) is 11.6 Å². The Hall–Kier alpha value is -1.34. The Morgan fingerprint density at radius 3 is 2.67 bits per heavy atom. The largest absolute Gasteiger partial charge is 0.298 e. The molecule has 2 fully saturated rings. The molecule has 4 heteroatoms. The van der Waals surface area contributed by atoms with E-state index in [0.717, 1.165) is 18.5 Å². The van der Waals surface area contributed by atoms with Gasteiger partial charge < -0.3 is 0 Å². The summed E-state index contributed by atoms with van der Waals surface area (Å²) >= 11 is 1.51. The van der Waals surface area contributed by atoms with Crippen molar-refractivity contribution in [3.63, 3.8) is 0 Å². The lowest BCUT2D eigenvalue weighted by atomic mass is 9.71. The molecule has 3 rings (SSSR count). The summed E-state index contributed by atoms with van der Waals surface area (Å²) < 4.78 is 0. The number of nitriles is 1. The third kappa shape index (κ3) is 1.87. The van der Waals surface area contributed by atoms with E-state index in [4.69, 9.17) is 0 Å². The highest BCUT2D eigenvalue weighted by Crippen LogP contribution is 2.67. The van der Waals surface area contributed by atoms with Crippen molar-refractivity contribution in [1.29, 1.82) is 5.26 Å². The van der Waals surface area contributed by atoms with Crippen LogP contribution in [0, 0.1) is 35.0 Å². The van der Waals surface area contributed by atoms with Crippen LogP contribution >= 0.6 is 11.8 Å². The molecule has 0 spiro atoms. The molecule has 2 saturated carbocycles. The number of hydrogen-bond donors (Lipinski definition) is 0. The molecule has 0 N–H and O–H groups in total. The summed E-state index contributed by atoms with van der Waals surface area (Å²) in [6.07, 6.45) is 2.09. The molecule has 3 unspecified atom stereocenters. The normalized spacial score (nSPS) is 33.2. The highest BCUT2D eigenvalue weighted by molar-refractivity contribution is 8.00. The molecule has 2 aliphatic rings. The maximum absolute atomic E-state index is 12.7. The average molecular weight is 300 g/mol. The molecule has 1 heterocycles. The van der Waals surface area contributed by atoms with E-state index in [9.17, 15) is 10.1 Å². The van der Waals surface area contributed by atoms with Gasteiger partial charge >= 0.3 is 0 Å². The summed E-state index contributed by atoms with van der Waals surface area (Å²) in [5.74, 6) is 0.515. The van der Waals surface area contributed by atoms with Gasteiger partial charge in [0.15, 0.2) is 0 Å². The van der Waals surface area contributed by atoms with Crippen LogP contribution in [0.5, 0.6) is 0 Å². The highest BCUT2D eigenvalue weighted by atomic mass is 32.2. The zero-order chi connectivity index (χ0) is 15.4. The molecule has 21 heavy (non-hydrogen) atoms. The van der Waals surface area contributed by atoms with E-state index >= 15 is 0 Å². The molecular formula is C17H20N2OS. The van der Waals surface area contributed by atoms with Crippen LogP contribution in [0.15, 0.2) is 17.2 Å². The molecule has 1 aromatic heterocycles. The molecule has 0 amide bonds. The SMILES string of the molecule is Cc1ccc(C#N)c(SC2C(=O)C3CCC2(C)C3(C)C)n1. The second-order valence-electron chi connectivity index (χ2n) is 7.05. The van der Waals surface area contributed by atoms with E-state index in [1.165, 1.54) is 11.8 Å². The Balaban J connectivity index is 1.99. The zero-order valence-corrected chi connectivity index (χ0v) is 13.8. The van der Waals surface area contributed by atoms with Crippen molar-refractivity contribution in [3.05, 3.63) is 23.4 Å². The van der Waals surface area contributed by atoms with E-state index in [1.807, 2.05) is 13.0 Å². The highest BCUT2D eigenvalue weighted by Gasteiger charge is 2.66. The van der Waals surface area contributed by atoms with Crippen molar-refractivity contribution in [2.75, 3.05) is 0 Å². The van der Waals surface area contributed by atoms with Crippen LogP contribution in [0.25, 0.3) is 0 Å². The topological polar surface area (TPSA) is 53.8 Å². The Morgan fingerprint density at radius 1 is 1.38 bits per heavy atom. The van der Waals surface area contributed by atoms with Gasteiger partial charge in [-0.3, -0.25) is 4.79 Å². The molecule has 2 aliphatic carbocycles. The molecule has 0 radical (unpaired) electrons. The lowest BCUT2D eigenvalue weighted by Crippen LogP contribution is -2.35. The van der Waals surface area contributed by atoms with Gasteiger partial charge in [0.2, 0.25) is 0 Å². The van der Waals surface area contributed by atoms with Crippen molar-refractivity contribution in [1.82, 2.24) is 4.98 Å².